The highest BCUT2D eigenvalue weighted by Gasteiger charge is 2.43. The van der Waals surface area contributed by atoms with E-state index >= 15 is 0 Å². The van der Waals surface area contributed by atoms with Crippen molar-refractivity contribution in [2.24, 2.45) is 0 Å². The Balaban J connectivity index is 1.86. The van der Waals surface area contributed by atoms with Crippen LogP contribution in [-0.4, -0.2) is 31.9 Å². The lowest BCUT2D eigenvalue weighted by molar-refractivity contribution is -0.186. The van der Waals surface area contributed by atoms with Crippen LogP contribution in [0, 0.1) is 0 Å². The monoisotopic (exact) mass is 384 g/mol. The molecule has 9 heteroatoms. The molecule has 0 saturated heterocycles. The lowest BCUT2D eigenvalue weighted by atomic mass is 10.00. The predicted molar refractivity (Wildman–Crippen MR) is 88.9 cm³/mol. The van der Waals surface area contributed by atoms with Crippen LogP contribution in [-0.2, 0) is 27.8 Å². The van der Waals surface area contributed by atoms with Crippen LogP contribution in [0.5, 0.6) is 0 Å². The Hall–Kier alpha value is -2.55. The zero-order valence-corrected chi connectivity index (χ0v) is 14.3. The molecule has 5 nitrogen and oxygen atoms in total. The fourth-order valence-corrected chi connectivity index (χ4v) is 3.88. The number of rotatable bonds is 3. The van der Waals surface area contributed by atoms with Crippen molar-refractivity contribution in [2.45, 2.75) is 24.0 Å². The van der Waals surface area contributed by atoms with Gasteiger partial charge in [-0.25, -0.2) is 8.42 Å². The van der Waals surface area contributed by atoms with Crippen molar-refractivity contribution < 1.29 is 26.4 Å². The number of sulfonamides is 1. The molecule has 3 rings (SSSR count). The number of halogens is 3. The van der Waals surface area contributed by atoms with E-state index in [1.54, 1.807) is 36.4 Å². The van der Waals surface area contributed by atoms with Crippen molar-refractivity contribution in [1.29, 1.82) is 0 Å². The van der Waals surface area contributed by atoms with Gasteiger partial charge in [-0.2, -0.15) is 13.2 Å². The lowest BCUT2D eigenvalue weighted by Crippen LogP contribution is -2.43. The van der Waals surface area contributed by atoms with Crippen molar-refractivity contribution in [3.63, 3.8) is 0 Å². The second-order valence-corrected chi connectivity index (χ2v) is 7.56. The third kappa shape index (κ3) is 3.82. The minimum atomic E-state index is -4.95. The number of alkyl halides is 3. The number of hydrogen-bond donors (Lipinski definition) is 1. The molecule has 0 spiro atoms. The highest BCUT2D eigenvalue weighted by atomic mass is 32.2. The number of hydrogen-bond acceptors (Lipinski definition) is 3. The maximum atomic E-state index is 12.6. The number of nitrogens with zero attached hydrogens (tertiary/aromatic N) is 1. The summed E-state index contributed by atoms with van der Waals surface area (Å²) in [6.45, 7) is -0.331. The Morgan fingerprint density at radius 3 is 2.38 bits per heavy atom. The van der Waals surface area contributed by atoms with Crippen molar-refractivity contribution in [3.8, 4) is 0 Å². The fraction of sp³-hybridized carbons (Fsp3) is 0.235. The first kappa shape index (κ1) is 18.2. The molecular formula is C17H15F3N2O3S. The summed E-state index contributed by atoms with van der Waals surface area (Å²) in [7, 11) is -3.89. The topological polar surface area (TPSA) is 66.5 Å². The van der Waals surface area contributed by atoms with Gasteiger partial charge in [-0.15, -0.1) is 0 Å². The van der Waals surface area contributed by atoms with E-state index < -0.39 is 22.1 Å². The van der Waals surface area contributed by atoms with Gasteiger partial charge in [0.1, 0.15) is 0 Å². The van der Waals surface area contributed by atoms with Gasteiger partial charge in [0.15, 0.2) is 0 Å². The standard InChI is InChI=1S/C17H15F3N2O3S/c18-17(19,20)16(23)22-9-8-12-6-7-15(10-13(12)11-22)26(24,25)21-14-4-2-1-3-5-14/h1-7,10,21H,8-9,11H2. The van der Waals surface area contributed by atoms with Gasteiger partial charge in [0.2, 0.25) is 0 Å². The molecule has 0 atom stereocenters. The molecule has 0 radical (unpaired) electrons. The molecule has 2 aromatic carbocycles. The number of carbonyl (C=O) groups excluding carboxylic acids is 1. The summed E-state index contributed by atoms with van der Waals surface area (Å²) in [4.78, 5) is 12.0. The molecule has 1 amide bonds. The average Bonchev–Trinajstić information content (AvgIpc) is 2.60. The molecule has 0 fully saturated rings. The van der Waals surface area contributed by atoms with Crippen LogP contribution in [0.15, 0.2) is 53.4 Å². The van der Waals surface area contributed by atoms with E-state index in [1.807, 2.05) is 0 Å². The second-order valence-electron chi connectivity index (χ2n) is 5.88. The maximum absolute atomic E-state index is 12.6. The van der Waals surface area contributed by atoms with Crippen LogP contribution in [0.3, 0.4) is 0 Å². The molecule has 1 heterocycles. The lowest BCUT2D eigenvalue weighted by Gasteiger charge is -2.29. The first-order valence-electron chi connectivity index (χ1n) is 7.72. The Kier molecular flexibility index (Phi) is 4.66. The van der Waals surface area contributed by atoms with Gasteiger partial charge in [-0.1, -0.05) is 24.3 Å². The van der Waals surface area contributed by atoms with Gasteiger partial charge >= 0.3 is 12.1 Å². The van der Waals surface area contributed by atoms with E-state index in [0.29, 0.717) is 16.2 Å². The second kappa shape index (κ2) is 6.64. The fourth-order valence-electron chi connectivity index (χ4n) is 2.77. The van der Waals surface area contributed by atoms with Gasteiger partial charge in [-0.05, 0) is 41.8 Å². The molecule has 0 saturated carbocycles. The van der Waals surface area contributed by atoms with Crippen LogP contribution in [0.1, 0.15) is 11.1 Å². The summed E-state index contributed by atoms with van der Waals surface area (Å²) in [6.07, 6.45) is -4.71. The molecule has 1 N–H and O–H groups in total. The normalized spacial score (nSPS) is 14.7. The predicted octanol–water partition coefficient (Wildman–Crippen LogP) is 2.93. The van der Waals surface area contributed by atoms with Crippen molar-refractivity contribution in [1.82, 2.24) is 4.90 Å². The van der Waals surface area contributed by atoms with E-state index in [0.717, 1.165) is 5.56 Å². The summed E-state index contributed by atoms with van der Waals surface area (Å²) >= 11 is 0. The molecule has 26 heavy (non-hydrogen) atoms. The van der Waals surface area contributed by atoms with Gasteiger partial charge in [-0.3, -0.25) is 9.52 Å². The summed E-state index contributed by atoms with van der Waals surface area (Å²) in [5.74, 6) is -1.92. The smallest absolute Gasteiger partial charge is 0.330 e. The number of nitrogens with one attached hydrogen (secondary N) is 1. The van der Waals surface area contributed by atoms with Gasteiger partial charge in [0.05, 0.1) is 4.90 Å². The molecule has 0 aliphatic carbocycles. The van der Waals surface area contributed by atoms with E-state index in [-0.39, 0.29) is 24.4 Å². The Morgan fingerprint density at radius 1 is 1.04 bits per heavy atom. The minimum Gasteiger partial charge on any atom is -0.330 e. The highest BCUT2D eigenvalue weighted by molar-refractivity contribution is 7.92. The molecule has 2 aromatic rings. The maximum Gasteiger partial charge on any atom is 0.471 e. The number of amides is 1. The first-order chi connectivity index (χ1) is 12.2. The number of fused-ring (bicyclic) bond motifs is 1. The Labute approximate surface area is 148 Å². The Bertz CT molecular complexity index is 928. The SMILES string of the molecule is O=C(N1CCc2ccc(S(=O)(=O)Nc3ccccc3)cc2C1)C(F)(F)F. The highest BCUT2D eigenvalue weighted by Crippen LogP contribution is 2.27. The van der Waals surface area contributed by atoms with Crippen LogP contribution >= 0.6 is 0 Å². The van der Waals surface area contributed by atoms with Crippen LogP contribution in [0.2, 0.25) is 0 Å². The molecule has 0 aromatic heterocycles. The van der Waals surface area contributed by atoms with E-state index in [1.165, 1.54) is 12.1 Å². The quantitative estimate of drug-likeness (QED) is 0.885. The Morgan fingerprint density at radius 2 is 1.73 bits per heavy atom. The molecule has 138 valence electrons. The third-order valence-electron chi connectivity index (χ3n) is 4.06. The largest absolute Gasteiger partial charge is 0.471 e. The van der Waals surface area contributed by atoms with Crippen LogP contribution in [0.25, 0.3) is 0 Å². The molecule has 0 unspecified atom stereocenters. The number of benzene rings is 2. The van der Waals surface area contributed by atoms with E-state index in [2.05, 4.69) is 4.72 Å². The number of carbonyl (C=O) groups is 1. The third-order valence-corrected chi connectivity index (χ3v) is 5.43. The van der Waals surface area contributed by atoms with Crippen molar-refractivity contribution in [2.75, 3.05) is 11.3 Å². The van der Waals surface area contributed by atoms with Gasteiger partial charge in [0.25, 0.3) is 10.0 Å². The molecular weight excluding hydrogens is 369 g/mol. The van der Waals surface area contributed by atoms with Crippen molar-refractivity contribution in [3.05, 3.63) is 59.7 Å². The van der Waals surface area contributed by atoms with Crippen LogP contribution in [0.4, 0.5) is 18.9 Å². The number of para-hydroxylation sites is 1. The molecule has 1 aliphatic rings. The zero-order valence-electron chi connectivity index (χ0n) is 13.5. The summed E-state index contributed by atoms with van der Waals surface area (Å²) < 4.78 is 65.3. The van der Waals surface area contributed by atoms with Gasteiger partial charge < -0.3 is 4.90 Å². The van der Waals surface area contributed by atoms with E-state index in [4.69, 9.17) is 0 Å². The van der Waals surface area contributed by atoms with Gasteiger partial charge in [0, 0.05) is 18.8 Å². The average molecular weight is 384 g/mol. The summed E-state index contributed by atoms with van der Waals surface area (Å²) in [5.41, 5.74) is 1.50. The molecule has 0 bridgehead atoms. The minimum absolute atomic E-state index is 0.0558. The number of anilines is 1. The van der Waals surface area contributed by atoms with Crippen molar-refractivity contribution >= 4 is 21.6 Å². The van der Waals surface area contributed by atoms with Crippen LogP contribution < -0.4 is 4.72 Å². The summed E-state index contributed by atoms with van der Waals surface area (Å²) in [6, 6.07) is 12.5. The summed E-state index contributed by atoms with van der Waals surface area (Å²) in [5, 5.41) is 0. The zero-order chi connectivity index (χ0) is 18.9. The van der Waals surface area contributed by atoms with E-state index in [9.17, 15) is 26.4 Å². The molecule has 1 aliphatic heterocycles. The first-order valence-corrected chi connectivity index (χ1v) is 9.21.